The van der Waals surface area contributed by atoms with Crippen LogP contribution < -0.4 is 5.73 Å². The fourth-order valence-electron chi connectivity index (χ4n) is 2.30. The molecule has 112 valence electrons. The van der Waals surface area contributed by atoms with Crippen LogP contribution in [0.2, 0.25) is 0 Å². The van der Waals surface area contributed by atoms with Crippen molar-refractivity contribution in [1.29, 1.82) is 0 Å². The van der Waals surface area contributed by atoms with Crippen molar-refractivity contribution >= 4 is 16.7 Å². The van der Waals surface area contributed by atoms with E-state index in [0.29, 0.717) is 6.54 Å². The standard InChI is InChI=1S/C18H24N2O/c1-18(2,3)16(19)17(21)20(4)12-13-9-10-14-7-5-6-8-15(14)11-13/h5-11,16H,12,19H2,1-4H3. The first kappa shape index (κ1) is 15.5. The largest absolute Gasteiger partial charge is 0.340 e. The highest BCUT2D eigenvalue weighted by Gasteiger charge is 2.29. The number of nitrogens with zero attached hydrogens (tertiary/aromatic N) is 1. The Morgan fingerprint density at radius 1 is 1.14 bits per heavy atom. The van der Waals surface area contributed by atoms with Gasteiger partial charge in [-0.2, -0.15) is 0 Å². The normalized spacial score (nSPS) is 13.2. The van der Waals surface area contributed by atoms with Gasteiger partial charge in [0, 0.05) is 13.6 Å². The van der Waals surface area contributed by atoms with E-state index in [1.165, 1.54) is 10.8 Å². The van der Waals surface area contributed by atoms with Crippen LogP contribution >= 0.6 is 0 Å². The summed E-state index contributed by atoms with van der Waals surface area (Å²) in [6.45, 7) is 6.53. The number of nitrogens with two attached hydrogens (primary N) is 1. The zero-order valence-electron chi connectivity index (χ0n) is 13.3. The average molecular weight is 284 g/mol. The Kier molecular flexibility index (Phi) is 4.33. The topological polar surface area (TPSA) is 46.3 Å². The highest BCUT2D eigenvalue weighted by Crippen LogP contribution is 2.20. The molecule has 0 fully saturated rings. The minimum atomic E-state index is -0.483. The van der Waals surface area contributed by atoms with Crippen LogP contribution in [-0.2, 0) is 11.3 Å². The van der Waals surface area contributed by atoms with Crippen molar-refractivity contribution in [1.82, 2.24) is 4.90 Å². The number of hydrogen-bond donors (Lipinski definition) is 1. The molecule has 0 aliphatic rings. The minimum absolute atomic E-state index is 0.0179. The second-order valence-electron chi connectivity index (χ2n) is 6.72. The van der Waals surface area contributed by atoms with Crippen LogP contribution in [0.3, 0.4) is 0 Å². The lowest BCUT2D eigenvalue weighted by Gasteiger charge is -2.30. The maximum Gasteiger partial charge on any atom is 0.240 e. The number of likely N-dealkylation sites (N-methyl/N-ethyl adjacent to an activating group) is 1. The van der Waals surface area contributed by atoms with Gasteiger partial charge >= 0.3 is 0 Å². The first-order chi connectivity index (χ1) is 9.79. The van der Waals surface area contributed by atoms with Gasteiger partial charge in [0.2, 0.25) is 5.91 Å². The highest BCUT2D eigenvalue weighted by atomic mass is 16.2. The van der Waals surface area contributed by atoms with E-state index in [1.807, 2.05) is 40.0 Å². The monoisotopic (exact) mass is 284 g/mol. The minimum Gasteiger partial charge on any atom is -0.340 e. The quantitative estimate of drug-likeness (QED) is 0.941. The van der Waals surface area contributed by atoms with E-state index < -0.39 is 6.04 Å². The van der Waals surface area contributed by atoms with Gasteiger partial charge in [0.25, 0.3) is 0 Å². The third-order valence-corrected chi connectivity index (χ3v) is 3.81. The molecule has 21 heavy (non-hydrogen) atoms. The van der Waals surface area contributed by atoms with E-state index in [4.69, 9.17) is 5.73 Å². The molecule has 1 atom stereocenters. The summed E-state index contributed by atoms with van der Waals surface area (Å²) in [5.74, 6) is -0.0179. The van der Waals surface area contributed by atoms with E-state index in [-0.39, 0.29) is 11.3 Å². The van der Waals surface area contributed by atoms with Crippen molar-refractivity contribution < 1.29 is 4.79 Å². The van der Waals surface area contributed by atoms with Crippen LogP contribution in [0.4, 0.5) is 0 Å². The summed E-state index contributed by atoms with van der Waals surface area (Å²) in [5.41, 5.74) is 6.94. The summed E-state index contributed by atoms with van der Waals surface area (Å²) >= 11 is 0. The number of carbonyl (C=O) groups excluding carboxylic acids is 1. The molecule has 1 amide bonds. The van der Waals surface area contributed by atoms with Crippen LogP contribution in [0.1, 0.15) is 26.3 Å². The molecule has 0 bridgehead atoms. The summed E-state index contributed by atoms with van der Waals surface area (Å²) in [6.07, 6.45) is 0. The van der Waals surface area contributed by atoms with Gasteiger partial charge < -0.3 is 10.6 Å². The summed E-state index contributed by atoms with van der Waals surface area (Å²) in [5, 5.41) is 2.40. The lowest BCUT2D eigenvalue weighted by Crippen LogP contribution is -2.48. The molecule has 0 radical (unpaired) electrons. The second kappa shape index (κ2) is 5.86. The Morgan fingerprint density at radius 2 is 1.76 bits per heavy atom. The zero-order chi connectivity index (χ0) is 15.6. The summed E-state index contributed by atoms with van der Waals surface area (Å²) in [4.78, 5) is 14.1. The van der Waals surface area contributed by atoms with Gasteiger partial charge in [0.1, 0.15) is 0 Å². The fraction of sp³-hybridized carbons (Fsp3) is 0.389. The summed E-state index contributed by atoms with van der Waals surface area (Å²) < 4.78 is 0. The molecule has 2 aromatic carbocycles. The van der Waals surface area contributed by atoms with Crippen molar-refractivity contribution in [3.63, 3.8) is 0 Å². The van der Waals surface area contributed by atoms with Gasteiger partial charge in [-0.3, -0.25) is 4.79 Å². The smallest absolute Gasteiger partial charge is 0.240 e. The van der Waals surface area contributed by atoms with Crippen molar-refractivity contribution in [3.05, 3.63) is 48.0 Å². The molecule has 1 unspecified atom stereocenters. The van der Waals surface area contributed by atoms with E-state index in [9.17, 15) is 4.79 Å². The fourth-order valence-corrected chi connectivity index (χ4v) is 2.30. The van der Waals surface area contributed by atoms with Crippen molar-refractivity contribution in [3.8, 4) is 0 Å². The molecule has 2 N–H and O–H groups in total. The number of rotatable bonds is 3. The molecular formula is C18H24N2O. The molecule has 2 rings (SSSR count). The maximum atomic E-state index is 12.4. The Morgan fingerprint density at radius 3 is 2.38 bits per heavy atom. The molecule has 0 saturated heterocycles. The van der Waals surface area contributed by atoms with E-state index in [2.05, 4.69) is 30.3 Å². The van der Waals surface area contributed by atoms with Crippen molar-refractivity contribution in [2.45, 2.75) is 33.4 Å². The first-order valence-electron chi connectivity index (χ1n) is 7.27. The molecule has 0 aliphatic heterocycles. The first-order valence-corrected chi connectivity index (χ1v) is 7.27. The third kappa shape index (κ3) is 3.61. The molecule has 3 nitrogen and oxygen atoms in total. The molecule has 0 heterocycles. The zero-order valence-corrected chi connectivity index (χ0v) is 13.3. The second-order valence-corrected chi connectivity index (χ2v) is 6.72. The van der Waals surface area contributed by atoms with Crippen LogP contribution in [0.15, 0.2) is 42.5 Å². The molecule has 0 saturated carbocycles. The van der Waals surface area contributed by atoms with Crippen LogP contribution in [0.5, 0.6) is 0 Å². The van der Waals surface area contributed by atoms with Gasteiger partial charge in [-0.15, -0.1) is 0 Å². The van der Waals surface area contributed by atoms with E-state index in [0.717, 1.165) is 5.56 Å². The lowest BCUT2D eigenvalue weighted by atomic mass is 9.86. The molecule has 3 heteroatoms. The van der Waals surface area contributed by atoms with Gasteiger partial charge in [-0.1, -0.05) is 57.2 Å². The number of amides is 1. The number of carbonyl (C=O) groups is 1. The van der Waals surface area contributed by atoms with E-state index >= 15 is 0 Å². The van der Waals surface area contributed by atoms with Gasteiger partial charge in [-0.05, 0) is 27.8 Å². The van der Waals surface area contributed by atoms with Crippen LogP contribution in [-0.4, -0.2) is 23.9 Å². The molecule has 0 spiro atoms. The molecule has 0 aliphatic carbocycles. The summed E-state index contributed by atoms with van der Waals surface area (Å²) in [6, 6.07) is 14.0. The van der Waals surface area contributed by atoms with Crippen LogP contribution in [0, 0.1) is 5.41 Å². The highest BCUT2D eigenvalue weighted by molar-refractivity contribution is 5.84. The average Bonchev–Trinajstić information content (AvgIpc) is 2.44. The SMILES string of the molecule is CN(Cc1ccc2ccccc2c1)C(=O)C(N)C(C)(C)C. The number of fused-ring (bicyclic) bond motifs is 1. The maximum absolute atomic E-state index is 12.4. The Labute approximate surface area is 126 Å². The Balaban J connectivity index is 2.14. The number of benzene rings is 2. The predicted molar refractivity (Wildman–Crippen MR) is 87.9 cm³/mol. The van der Waals surface area contributed by atoms with Crippen LogP contribution in [0.25, 0.3) is 10.8 Å². The van der Waals surface area contributed by atoms with Gasteiger partial charge in [0.05, 0.1) is 6.04 Å². The van der Waals surface area contributed by atoms with Crippen molar-refractivity contribution in [2.75, 3.05) is 7.05 Å². The Hall–Kier alpha value is -1.87. The van der Waals surface area contributed by atoms with E-state index in [1.54, 1.807) is 4.90 Å². The van der Waals surface area contributed by atoms with Gasteiger partial charge in [-0.25, -0.2) is 0 Å². The molecule has 2 aromatic rings. The molecular weight excluding hydrogens is 260 g/mol. The predicted octanol–water partition coefficient (Wildman–Crippen LogP) is 3.17. The third-order valence-electron chi connectivity index (χ3n) is 3.81. The summed E-state index contributed by atoms with van der Waals surface area (Å²) in [7, 11) is 1.81. The number of hydrogen-bond acceptors (Lipinski definition) is 2. The Bertz CT molecular complexity index is 643. The van der Waals surface area contributed by atoms with Gasteiger partial charge in [0.15, 0.2) is 0 Å². The lowest BCUT2D eigenvalue weighted by molar-refractivity contribution is -0.134. The van der Waals surface area contributed by atoms with Crippen molar-refractivity contribution in [2.24, 2.45) is 11.1 Å². The molecule has 0 aromatic heterocycles.